The molecule has 8 heteroatoms. The van der Waals surface area contributed by atoms with Crippen LogP contribution in [0.4, 0.5) is 10.1 Å². The van der Waals surface area contributed by atoms with Crippen LogP contribution in [-0.4, -0.2) is 15.0 Å². The average Bonchev–Trinajstić information content (AvgIpc) is 3.08. The summed E-state index contributed by atoms with van der Waals surface area (Å²) in [4.78, 5) is 5.02. The SMILES string of the molecule is CC(C#N)Oc1cc(N=c2snc3n2C(C)CC3)c(F)cc1Cl. The van der Waals surface area contributed by atoms with Crippen LogP contribution in [-0.2, 0) is 6.42 Å². The Hall–Kier alpha value is -1.91. The van der Waals surface area contributed by atoms with Gasteiger partial charge >= 0.3 is 0 Å². The second kappa shape index (κ2) is 6.30. The summed E-state index contributed by atoms with van der Waals surface area (Å²) in [6, 6.07) is 4.80. The average molecular weight is 353 g/mol. The molecule has 23 heavy (non-hydrogen) atoms. The van der Waals surface area contributed by atoms with Crippen molar-refractivity contribution in [2.24, 2.45) is 4.99 Å². The monoisotopic (exact) mass is 352 g/mol. The molecule has 1 aromatic heterocycles. The minimum atomic E-state index is -0.687. The Bertz CT molecular complexity index is 854. The molecule has 1 aliphatic rings. The molecule has 0 spiro atoms. The maximum Gasteiger partial charge on any atom is 0.209 e. The second-order valence-electron chi connectivity index (χ2n) is 5.37. The third-order valence-electron chi connectivity index (χ3n) is 3.65. The smallest absolute Gasteiger partial charge is 0.209 e. The molecule has 0 fully saturated rings. The van der Waals surface area contributed by atoms with Crippen molar-refractivity contribution in [1.82, 2.24) is 8.94 Å². The Morgan fingerprint density at radius 1 is 1.61 bits per heavy atom. The molecule has 2 unspecified atom stereocenters. The zero-order valence-electron chi connectivity index (χ0n) is 12.6. The molecule has 0 aliphatic carbocycles. The van der Waals surface area contributed by atoms with Gasteiger partial charge in [0.15, 0.2) is 11.9 Å². The van der Waals surface area contributed by atoms with Crippen LogP contribution >= 0.6 is 23.1 Å². The Morgan fingerprint density at radius 2 is 2.39 bits per heavy atom. The van der Waals surface area contributed by atoms with E-state index >= 15 is 0 Å². The maximum atomic E-state index is 14.2. The van der Waals surface area contributed by atoms with Gasteiger partial charge < -0.3 is 9.30 Å². The molecule has 0 radical (unpaired) electrons. The van der Waals surface area contributed by atoms with E-state index in [4.69, 9.17) is 21.6 Å². The summed E-state index contributed by atoms with van der Waals surface area (Å²) < 4.78 is 25.9. The highest BCUT2D eigenvalue weighted by molar-refractivity contribution is 7.02. The number of nitriles is 1. The van der Waals surface area contributed by atoms with Crippen LogP contribution < -0.4 is 9.54 Å². The molecule has 0 bridgehead atoms. The summed E-state index contributed by atoms with van der Waals surface area (Å²) in [5.41, 5.74) is 0.118. The number of halogens is 2. The van der Waals surface area contributed by atoms with Crippen LogP contribution in [0.5, 0.6) is 5.75 Å². The number of hydrogen-bond donors (Lipinski definition) is 0. The number of fused-ring (bicyclic) bond motifs is 1. The Morgan fingerprint density at radius 3 is 3.13 bits per heavy atom. The predicted octanol–water partition coefficient (Wildman–Crippen LogP) is 3.77. The highest BCUT2D eigenvalue weighted by Crippen LogP contribution is 2.33. The quantitative estimate of drug-likeness (QED) is 0.844. The van der Waals surface area contributed by atoms with Crippen LogP contribution in [0.15, 0.2) is 17.1 Å². The zero-order valence-corrected chi connectivity index (χ0v) is 14.2. The molecular weight excluding hydrogens is 339 g/mol. The standard InChI is InChI=1S/C15H14ClFN4OS/c1-8-3-4-14-20-23-15(21(8)14)19-12-6-13(22-9(2)7-18)10(16)5-11(12)17/h5-6,8-9H,3-4H2,1-2H3. The number of aromatic nitrogens is 2. The van der Waals surface area contributed by atoms with Gasteiger partial charge in [0, 0.05) is 30.1 Å². The highest BCUT2D eigenvalue weighted by Gasteiger charge is 2.21. The largest absolute Gasteiger partial charge is 0.474 e. The Kier molecular flexibility index (Phi) is 4.37. The first kappa shape index (κ1) is 16.0. The van der Waals surface area contributed by atoms with Crippen LogP contribution in [0, 0.1) is 17.1 Å². The van der Waals surface area contributed by atoms with Gasteiger partial charge in [0.05, 0.1) is 5.02 Å². The van der Waals surface area contributed by atoms with Gasteiger partial charge in [-0.05, 0) is 26.3 Å². The van der Waals surface area contributed by atoms with E-state index in [9.17, 15) is 4.39 Å². The van der Waals surface area contributed by atoms with E-state index in [0.29, 0.717) is 10.8 Å². The van der Waals surface area contributed by atoms with Crippen LogP contribution in [0.2, 0.25) is 5.02 Å². The van der Waals surface area contributed by atoms with E-state index < -0.39 is 11.9 Å². The second-order valence-corrected chi connectivity index (χ2v) is 6.51. The molecule has 3 rings (SSSR count). The lowest BCUT2D eigenvalue weighted by Crippen LogP contribution is -2.15. The van der Waals surface area contributed by atoms with Crippen molar-refractivity contribution in [2.45, 2.75) is 38.8 Å². The number of benzene rings is 1. The maximum absolute atomic E-state index is 14.2. The molecule has 0 amide bonds. The molecule has 120 valence electrons. The molecule has 2 atom stereocenters. The van der Waals surface area contributed by atoms with Crippen molar-refractivity contribution >= 4 is 28.8 Å². The van der Waals surface area contributed by atoms with Gasteiger partial charge in [-0.3, -0.25) is 0 Å². The van der Waals surface area contributed by atoms with Gasteiger partial charge in [-0.15, -0.1) is 0 Å². The lowest BCUT2D eigenvalue weighted by Gasteiger charge is -2.10. The van der Waals surface area contributed by atoms with Gasteiger partial charge in [-0.2, -0.15) is 9.64 Å². The number of ether oxygens (including phenoxy) is 1. The van der Waals surface area contributed by atoms with Crippen molar-refractivity contribution in [3.8, 4) is 11.8 Å². The first-order valence-electron chi connectivity index (χ1n) is 7.16. The summed E-state index contributed by atoms with van der Waals surface area (Å²) in [7, 11) is 0. The van der Waals surface area contributed by atoms with Gasteiger partial charge in [0.1, 0.15) is 23.3 Å². The molecule has 2 aromatic rings. The Balaban J connectivity index is 2.06. The minimum Gasteiger partial charge on any atom is -0.474 e. The minimum absolute atomic E-state index is 0.110. The first-order chi connectivity index (χ1) is 11.0. The fourth-order valence-electron chi connectivity index (χ4n) is 2.46. The molecule has 0 N–H and O–H groups in total. The predicted molar refractivity (Wildman–Crippen MR) is 85.5 cm³/mol. The van der Waals surface area contributed by atoms with E-state index in [1.807, 2.05) is 10.6 Å². The van der Waals surface area contributed by atoms with Crippen molar-refractivity contribution in [3.05, 3.63) is 33.6 Å². The molecule has 0 saturated heterocycles. The fraction of sp³-hybridized carbons (Fsp3) is 0.400. The van der Waals surface area contributed by atoms with Crippen molar-refractivity contribution in [1.29, 1.82) is 5.26 Å². The lowest BCUT2D eigenvalue weighted by atomic mass is 10.2. The van der Waals surface area contributed by atoms with E-state index in [1.165, 1.54) is 17.6 Å². The van der Waals surface area contributed by atoms with Crippen LogP contribution in [0.1, 0.15) is 32.1 Å². The van der Waals surface area contributed by atoms with E-state index in [2.05, 4.69) is 16.3 Å². The lowest BCUT2D eigenvalue weighted by molar-refractivity contribution is 0.276. The zero-order chi connectivity index (χ0) is 16.6. The van der Waals surface area contributed by atoms with Gasteiger partial charge in [0.2, 0.25) is 4.80 Å². The summed E-state index contributed by atoms with van der Waals surface area (Å²) in [5, 5.41) is 8.94. The normalized spacial score (nSPS) is 18.6. The first-order valence-corrected chi connectivity index (χ1v) is 8.32. The molecule has 5 nitrogen and oxygen atoms in total. The van der Waals surface area contributed by atoms with Crippen LogP contribution in [0.25, 0.3) is 0 Å². The van der Waals surface area contributed by atoms with E-state index in [1.54, 1.807) is 6.92 Å². The summed E-state index contributed by atoms with van der Waals surface area (Å²) in [6.45, 7) is 3.68. The Labute approximate surface area is 141 Å². The summed E-state index contributed by atoms with van der Waals surface area (Å²) in [5.74, 6) is 0.672. The molecule has 1 aromatic carbocycles. The summed E-state index contributed by atoms with van der Waals surface area (Å²) >= 11 is 7.21. The van der Waals surface area contributed by atoms with Gasteiger partial charge in [-0.1, -0.05) is 11.6 Å². The summed E-state index contributed by atoms with van der Waals surface area (Å²) in [6.07, 6.45) is 1.23. The van der Waals surface area contributed by atoms with Crippen molar-refractivity contribution in [3.63, 3.8) is 0 Å². The topological polar surface area (TPSA) is 63.2 Å². The number of nitrogens with zero attached hydrogens (tertiary/aromatic N) is 4. The van der Waals surface area contributed by atoms with E-state index in [-0.39, 0.29) is 16.5 Å². The van der Waals surface area contributed by atoms with Crippen molar-refractivity contribution < 1.29 is 9.13 Å². The molecule has 1 aliphatic heterocycles. The van der Waals surface area contributed by atoms with Gasteiger partial charge in [-0.25, -0.2) is 9.38 Å². The third kappa shape index (κ3) is 3.09. The van der Waals surface area contributed by atoms with Crippen molar-refractivity contribution in [2.75, 3.05) is 0 Å². The number of rotatable bonds is 3. The highest BCUT2D eigenvalue weighted by atomic mass is 35.5. The fourth-order valence-corrected chi connectivity index (χ4v) is 3.53. The van der Waals surface area contributed by atoms with Crippen LogP contribution in [0.3, 0.4) is 0 Å². The van der Waals surface area contributed by atoms with E-state index in [0.717, 1.165) is 24.7 Å². The van der Waals surface area contributed by atoms with Gasteiger partial charge in [0.25, 0.3) is 0 Å². The molecular formula is C15H14ClFN4OS. The molecule has 2 heterocycles. The number of hydrogen-bond acceptors (Lipinski definition) is 5. The number of aryl methyl sites for hydroxylation is 1. The molecule has 0 saturated carbocycles. The third-order valence-corrected chi connectivity index (χ3v) is 4.69.